The predicted octanol–water partition coefficient (Wildman–Crippen LogP) is 1.95. The average molecular weight is 238 g/mol. The lowest BCUT2D eigenvalue weighted by atomic mass is 9.98. The molecule has 0 radical (unpaired) electrons. The number of nitrogens with zero attached hydrogens (tertiary/aromatic N) is 4. The highest BCUT2D eigenvalue weighted by Gasteiger charge is 2.19. The number of hydrogen-bond donors (Lipinski definition) is 0. The lowest BCUT2D eigenvalue weighted by molar-refractivity contribution is 0.768. The Morgan fingerprint density at radius 2 is 2.17 bits per heavy atom. The third-order valence-electron chi connectivity index (χ3n) is 3.48. The molecule has 0 saturated carbocycles. The lowest BCUT2D eigenvalue weighted by Crippen LogP contribution is -2.12. The van der Waals surface area contributed by atoms with E-state index in [1.807, 2.05) is 19.3 Å². The molecular weight excluding hydrogens is 224 g/mol. The standard InChI is InChI=1S/C14H14N4/c1-17-4-3-10-5-13(11(7-15)6-14(10)17)12-8-16-18(2)9-12/h5-6,8-9H,3-4H2,1-2H3. The SMILES string of the molecule is CN1CCc2cc(-c3cnn(C)c3)c(C#N)cc21. The zero-order valence-corrected chi connectivity index (χ0v) is 10.5. The van der Waals surface area contributed by atoms with Gasteiger partial charge in [-0.1, -0.05) is 0 Å². The van der Waals surface area contributed by atoms with Crippen molar-refractivity contribution < 1.29 is 0 Å². The average Bonchev–Trinajstić information content (AvgIpc) is 2.95. The molecule has 1 aliphatic rings. The van der Waals surface area contributed by atoms with Crippen molar-refractivity contribution in [2.24, 2.45) is 7.05 Å². The fourth-order valence-electron chi connectivity index (χ4n) is 2.49. The Morgan fingerprint density at radius 3 is 2.83 bits per heavy atom. The quantitative estimate of drug-likeness (QED) is 0.762. The molecule has 1 aromatic carbocycles. The molecule has 3 rings (SSSR count). The van der Waals surface area contributed by atoms with Crippen LogP contribution in [-0.4, -0.2) is 23.4 Å². The topological polar surface area (TPSA) is 44.9 Å². The fourth-order valence-corrected chi connectivity index (χ4v) is 2.49. The van der Waals surface area contributed by atoms with E-state index in [1.165, 1.54) is 11.3 Å². The zero-order chi connectivity index (χ0) is 12.7. The number of nitriles is 1. The van der Waals surface area contributed by atoms with Crippen LogP contribution in [0.25, 0.3) is 11.1 Å². The van der Waals surface area contributed by atoms with Crippen molar-refractivity contribution in [2.45, 2.75) is 6.42 Å². The smallest absolute Gasteiger partial charge is 0.0998 e. The Hall–Kier alpha value is -2.28. The van der Waals surface area contributed by atoms with Gasteiger partial charge in [0.2, 0.25) is 0 Å². The highest BCUT2D eigenvalue weighted by molar-refractivity contribution is 5.76. The summed E-state index contributed by atoms with van der Waals surface area (Å²) in [5, 5.41) is 13.5. The Morgan fingerprint density at radius 1 is 1.33 bits per heavy atom. The van der Waals surface area contributed by atoms with E-state index in [9.17, 15) is 5.26 Å². The summed E-state index contributed by atoms with van der Waals surface area (Å²) in [4.78, 5) is 2.20. The molecule has 4 nitrogen and oxygen atoms in total. The van der Waals surface area contributed by atoms with Crippen molar-refractivity contribution in [3.8, 4) is 17.2 Å². The molecule has 90 valence electrons. The molecule has 0 bridgehead atoms. The molecule has 0 atom stereocenters. The maximum atomic E-state index is 9.31. The van der Waals surface area contributed by atoms with E-state index in [0.717, 1.165) is 29.7 Å². The van der Waals surface area contributed by atoms with Gasteiger partial charge in [0, 0.05) is 43.7 Å². The van der Waals surface area contributed by atoms with Gasteiger partial charge in [0.1, 0.15) is 0 Å². The molecule has 0 amide bonds. The van der Waals surface area contributed by atoms with Crippen molar-refractivity contribution in [1.29, 1.82) is 5.26 Å². The molecule has 0 spiro atoms. The predicted molar refractivity (Wildman–Crippen MR) is 70.3 cm³/mol. The van der Waals surface area contributed by atoms with Gasteiger partial charge in [-0.05, 0) is 24.1 Å². The minimum atomic E-state index is 0.718. The Kier molecular flexibility index (Phi) is 2.34. The molecule has 18 heavy (non-hydrogen) atoms. The van der Waals surface area contributed by atoms with E-state index in [-0.39, 0.29) is 0 Å². The summed E-state index contributed by atoms with van der Waals surface area (Å²) in [6.45, 7) is 1.02. The molecular formula is C14H14N4. The van der Waals surface area contributed by atoms with E-state index in [1.54, 1.807) is 10.9 Å². The molecule has 0 aliphatic carbocycles. The first-order valence-corrected chi connectivity index (χ1v) is 5.96. The van der Waals surface area contributed by atoms with Crippen molar-refractivity contribution in [2.75, 3.05) is 18.5 Å². The van der Waals surface area contributed by atoms with Crippen molar-refractivity contribution in [3.63, 3.8) is 0 Å². The van der Waals surface area contributed by atoms with Crippen LogP contribution in [0.1, 0.15) is 11.1 Å². The van der Waals surface area contributed by atoms with E-state index in [2.05, 4.69) is 29.2 Å². The number of aryl methyl sites for hydroxylation is 1. The van der Waals surface area contributed by atoms with Crippen LogP contribution in [-0.2, 0) is 13.5 Å². The first kappa shape index (κ1) is 10.8. The monoisotopic (exact) mass is 238 g/mol. The second kappa shape index (κ2) is 3.88. The number of fused-ring (bicyclic) bond motifs is 1. The third-order valence-corrected chi connectivity index (χ3v) is 3.48. The highest BCUT2D eigenvalue weighted by Crippen LogP contribution is 2.34. The molecule has 0 saturated heterocycles. The molecule has 0 unspecified atom stereocenters. The summed E-state index contributed by atoms with van der Waals surface area (Å²) in [6, 6.07) is 6.41. The molecule has 2 heterocycles. The molecule has 1 aliphatic heterocycles. The van der Waals surface area contributed by atoms with Crippen LogP contribution in [0, 0.1) is 11.3 Å². The molecule has 0 fully saturated rings. The van der Waals surface area contributed by atoms with E-state index < -0.39 is 0 Å². The Balaban J connectivity index is 2.19. The highest BCUT2D eigenvalue weighted by atomic mass is 15.2. The normalized spacial score (nSPS) is 13.5. The number of rotatable bonds is 1. The zero-order valence-electron chi connectivity index (χ0n) is 10.5. The summed E-state index contributed by atoms with van der Waals surface area (Å²) in [5.41, 5.74) is 5.20. The second-order valence-electron chi connectivity index (χ2n) is 4.71. The van der Waals surface area contributed by atoms with Gasteiger partial charge in [-0.3, -0.25) is 4.68 Å². The lowest BCUT2D eigenvalue weighted by Gasteiger charge is -2.13. The summed E-state index contributed by atoms with van der Waals surface area (Å²) < 4.78 is 1.76. The summed E-state index contributed by atoms with van der Waals surface area (Å²) in [6.07, 6.45) is 4.80. The summed E-state index contributed by atoms with van der Waals surface area (Å²) in [7, 11) is 3.95. The van der Waals surface area contributed by atoms with Crippen LogP contribution >= 0.6 is 0 Å². The van der Waals surface area contributed by atoms with Crippen LogP contribution in [0.5, 0.6) is 0 Å². The summed E-state index contributed by atoms with van der Waals surface area (Å²) in [5.74, 6) is 0. The van der Waals surface area contributed by atoms with Gasteiger partial charge in [0.25, 0.3) is 0 Å². The van der Waals surface area contributed by atoms with Crippen LogP contribution in [0.4, 0.5) is 5.69 Å². The minimum Gasteiger partial charge on any atom is -0.374 e. The van der Waals surface area contributed by atoms with Gasteiger partial charge in [-0.25, -0.2) is 0 Å². The van der Waals surface area contributed by atoms with Crippen molar-refractivity contribution >= 4 is 5.69 Å². The second-order valence-corrected chi connectivity index (χ2v) is 4.71. The summed E-state index contributed by atoms with van der Waals surface area (Å²) >= 11 is 0. The molecule has 0 N–H and O–H groups in total. The van der Waals surface area contributed by atoms with Crippen LogP contribution in [0.3, 0.4) is 0 Å². The Labute approximate surface area is 106 Å². The van der Waals surface area contributed by atoms with Crippen molar-refractivity contribution in [1.82, 2.24) is 9.78 Å². The molecule has 1 aromatic heterocycles. The maximum absolute atomic E-state index is 9.31. The number of likely N-dealkylation sites (N-methyl/N-ethyl adjacent to an activating group) is 1. The van der Waals surface area contributed by atoms with Crippen molar-refractivity contribution in [3.05, 3.63) is 35.7 Å². The molecule has 4 heteroatoms. The fraction of sp³-hybridized carbons (Fsp3) is 0.286. The van der Waals surface area contributed by atoms with Gasteiger partial charge in [-0.15, -0.1) is 0 Å². The van der Waals surface area contributed by atoms with Crippen LogP contribution in [0.15, 0.2) is 24.5 Å². The van der Waals surface area contributed by atoms with Gasteiger partial charge in [0.15, 0.2) is 0 Å². The van der Waals surface area contributed by atoms with E-state index >= 15 is 0 Å². The Bertz CT molecular complexity index is 648. The molecule has 2 aromatic rings. The van der Waals surface area contributed by atoms with Gasteiger partial charge >= 0.3 is 0 Å². The number of anilines is 1. The first-order chi connectivity index (χ1) is 8.69. The van der Waals surface area contributed by atoms with Gasteiger partial charge in [-0.2, -0.15) is 10.4 Å². The number of benzene rings is 1. The van der Waals surface area contributed by atoms with Gasteiger partial charge < -0.3 is 4.90 Å². The minimum absolute atomic E-state index is 0.718. The van der Waals surface area contributed by atoms with E-state index in [4.69, 9.17) is 0 Å². The largest absolute Gasteiger partial charge is 0.374 e. The van der Waals surface area contributed by atoms with Crippen LogP contribution < -0.4 is 4.90 Å². The first-order valence-electron chi connectivity index (χ1n) is 5.96. The van der Waals surface area contributed by atoms with Gasteiger partial charge in [0.05, 0.1) is 17.8 Å². The third kappa shape index (κ3) is 1.56. The maximum Gasteiger partial charge on any atom is 0.0998 e. The number of aromatic nitrogens is 2. The van der Waals surface area contributed by atoms with E-state index in [0.29, 0.717) is 0 Å². The van der Waals surface area contributed by atoms with Crippen LogP contribution in [0.2, 0.25) is 0 Å². The number of hydrogen-bond acceptors (Lipinski definition) is 3.